The van der Waals surface area contributed by atoms with Gasteiger partial charge in [0.2, 0.25) is 0 Å². The van der Waals surface area contributed by atoms with Crippen molar-refractivity contribution in [2.45, 2.75) is 38.3 Å². The molecule has 0 radical (unpaired) electrons. The number of allylic oxidation sites excluding steroid dienone is 2. The highest BCUT2D eigenvalue weighted by Crippen LogP contribution is 2.39. The molecule has 0 bridgehead atoms. The van der Waals surface area contributed by atoms with Gasteiger partial charge in [0.25, 0.3) is 11.5 Å². The van der Waals surface area contributed by atoms with Crippen molar-refractivity contribution in [3.05, 3.63) is 23.7 Å². The van der Waals surface area contributed by atoms with Gasteiger partial charge in [-0.3, -0.25) is 0 Å². The summed E-state index contributed by atoms with van der Waals surface area (Å²) in [6, 6.07) is -1.44. The van der Waals surface area contributed by atoms with Crippen LogP contribution in [0, 0.1) is 0 Å². The lowest BCUT2D eigenvalue weighted by atomic mass is 10.5. The first-order valence-corrected chi connectivity index (χ1v) is 8.06. The first-order valence-electron chi connectivity index (χ1n) is 5.83. The zero-order chi connectivity index (χ0) is 18.6. The number of alkyl halides is 6. The average molecular weight is 380 g/mol. The van der Waals surface area contributed by atoms with E-state index in [-0.39, 0.29) is 0 Å². The second-order valence-electron chi connectivity index (χ2n) is 4.00. The van der Waals surface area contributed by atoms with Gasteiger partial charge in [-0.25, -0.2) is 0 Å². The molecule has 0 saturated heterocycles. The van der Waals surface area contributed by atoms with Crippen LogP contribution in [0.3, 0.4) is 0 Å². The van der Waals surface area contributed by atoms with Gasteiger partial charge in [0.05, 0.1) is 0 Å². The molecule has 0 heterocycles. The third-order valence-electron chi connectivity index (χ3n) is 2.51. The Morgan fingerprint density at radius 2 is 0.957 bits per heavy atom. The molecule has 2 nitrogen and oxygen atoms in total. The van der Waals surface area contributed by atoms with Gasteiger partial charge in [0.15, 0.2) is 0 Å². The Balaban J connectivity index is 5.88. The van der Waals surface area contributed by atoms with E-state index >= 15 is 0 Å². The van der Waals surface area contributed by atoms with Gasteiger partial charge in [-0.2, -0.15) is 43.9 Å². The van der Waals surface area contributed by atoms with Crippen molar-refractivity contribution in [2.75, 3.05) is 0 Å². The van der Waals surface area contributed by atoms with E-state index in [1.165, 1.54) is 0 Å². The van der Waals surface area contributed by atoms with Crippen molar-refractivity contribution in [3.8, 4) is 0 Å². The maximum Gasteiger partial charge on any atom is 0.460 e. The van der Waals surface area contributed by atoms with Gasteiger partial charge >= 0.3 is 33.1 Å². The minimum atomic E-state index is -5.72. The molecule has 0 aromatic heterocycles. The predicted molar refractivity (Wildman–Crippen MR) is 59.5 cm³/mol. The minimum Gasteiger partial charge on any atom is -0.504 e. The van der Waals surface area contributed by atoms with Gasteiger partial charge < -0.3 is 8.85 Å². The van der Waals surface area contributed by atoms with Crippen LogP contribution in [0.4, 0.5) is 43.9 Å². The van der Waals surface area contributed by atoms with Crippen LogP contribution >= 0.6 is 0 Å². The van der Waals surface area contributed by atoms with Crippen LogP contribution in [0.25, 0.3) is 0 Å². The second kappa shape index (κ2) is 7.44. The van der Waals surface area contributed by atoms with Crippen molar-refractivity contribution >= 4 is 8.56 Å². The second-order valence-corrected chi connectivity index (χ2v) is 7.64. The van der Waals surface area contributed by atoms with Gasteiger partial charge in [0, 0.05) is 12.1 Å². The molecule has 0 aliphatic rings. The van der Waals surface area contributed by atoms with Crippen LogP contribution in [0.2, 0.25) is 12.1 Å². The molecule has 136 valence electrons. The summed E-state index contributed by atoms with van der Waals surface area (Å²) in [7, 11) is -4.73. The van der Waals surface area contributed by atoms with Crippen molar-refractivity contribution in [1.29, 1.82) is 0 Å². The zero-order valence-corrected chi connectivity index (χ0v) is 12.5. The Morgan fingerprint density at radius 1 is 0.696 bits per heavy atom. The lowest BCUT2D eigenvalue weighted by Gasteiger charge is -2.31. The molecule has 0 aliphatic heterocycles. The lowest BCUT2D eigenvalue weighted by Crippen LogP contribution is -2.44. The maximum atomic E-state index is 12.4. The highest BCUT2D eigenvalue weighted by molar-refractivity contribution is 6.67. The molecule has 0 fully saturated rings. The molecular formula is C10H10F10O2Si. The summed E-state index contributed by atoms with van der Waals surface area (Å²) in [4.78, 5) is 0. The number of halogens is 10. The van der Waals surface area contributed by atoms with E-state index in [1.54, 1.807) is 0 Å². The van der Waals surface area contributed by atoms with Crippen LogP contribution in [0.15, 0.2) is 23.7 Å². The van der Waals surface area contributed by atoms with Gasteiger partial charge in [-0.05, 0) is 0 Å². The molecule has 0 atom stereocenters. The maximum absolute atomic E-state index is 12.4. The van der Waals surface area contributed by atoms with Crippen LogP contribution in [-0.4, -0.2) is 20.9 Å². The van der Waals surface area contributed by atoms with Gasteiger partial charge in [0.1, 0.15) is 0 Å². The van der Waals surface area contributed by atoms with E-state index in [0.717, 1.165) is 13.8 Å². The lowest BCUT2D eigenvalue weighted by molar-refractivity contribution is -0.134. The van der Waals surface area contributed by atoms with Crippen molar-refractivity contribution in [2.24, 2.45) is 0 Å². The molecule has 0 N–H and O–H groups in total. The molecule has 0 amide bonds. The molecule has 0 rings (SSSR count). The van der Waals surface area contributed by atoms with Crippen LogP contribution in [0.1, 0.15) is 13.8 Å². The Bertz CT molecular complexity index is 427. The van der Waals surface area contributed by atoms with Gasteiger partial charge in [-0.1, -0.05) is 13.8 Å². The van der Waals surface area contributed by atoms with Crippen LogP contribution in [-0.2, 0) is 8.85 Å². The topological polar surface area (TPSA) is 18.5 Å². The quantitative estimate of drug-likeness (QED) is 0.327. The molecule has 0 aromatic carbocycles. The summed E-state index contributed by atoms with van der Waals surface area (Å²) in [5.74, 6) is -5.71. The summed E-state index contributed by atoms with van der Waals surface area (Å²) in [6.45, 7) is 1.95. The van der Waals surface area contributed by atoms with Crippen molar-refractivity contribution in [1.82, 2.24) is 0 Å². The highest BCUT2D eigenvalue weighted by atomic mass is 28.4. The van der Waals surface area contributed by atoms with Crippen LogP contribution < -0.4 is 0 Å². The molecule has 0 aliphatic carbocycles. The van der Waals surface area contributed by atoms with E-state index < -0.39 is 56.7 Å². The minimum absolute atomic E-state index is 0.719. The number of rotatable bonds is 6. The molecule has 13 heteroatoms. The SMILES string of the molecule is CC[Si](CC)(OC(=C(F)F)C(F)(F)F)OC(=C(F)F)C(F)(F)F. The third kappa shape index (κ3) is 5.95. The standard InChI is InChI=1S/C10H10F10O2Si/c1-3-23(4-2,21-5(7(11)12)9(15,16)17)22-6(8(13)14)10(18,19)20/h3-4H2,1-2H3. The van der Waals surface area contributed by atoms with Crippen molar-refractivity contribution in [3.63, 3.8) is 0 Å². The molecule has 0 spiro atoms. The third-order valence-corrected chi connectivity index (χ3v) is 5.82. The Morgan fingerprint density at radius 3 is 1.09 bits per heavy atom. The summed E-state index contributed by atoms with van der Waals surface area (Å²) < 4.78 is 132. The fourth-order valence-corrected chi connectivity index (χ4v) is 3.59. The smallest absolute Gasteiger partial charge is 0.460 e. The normalized spacial score (nSPS) is 12.7. The van der Waals surface area contributed by atoms with E-state index in [1.807, 2.05) is 0 Å². The fraction of sp³-hybridized carbons (Fsp3) is 0.600. The Kier molecular flexibility index (Phi) is 6.99. The van der Waals surface area contributed by atoms with E-state index in [0.29, 0.717) is 0 Å². The number of hydrogen-bond acceptors (Lipinski definition) is 2. The Hall–Kier alpha value is -1.40. The zero-order valence-electron chi connectivity index (χ0n) is 11.5. The monoisotopic (exact) mass is 380 g/mol. The summed E-state index contributed by atoms with van der Waals surface area (Å²) in [6.07, 6.45) is -18.1. The average Bonchev–Trinajstić information content (AvgIpc) is 2.36. The molecule has 0 saturated carbocycles. The van der Waals surface area contributed by atoms with Crippen LogP contribution in [0.5, 0.6) is 0 Å². The first-order chi connectivity index (χ1) is 10.2. The molecule has 23 heavy (non-hydrogen) atoms. The molecule has 0 unspecified atom stereocenters. The fourth-order valence-electron chi connectivity index (χ4n) is 1.34. The predicted octanol–water partition coefficient (Wildman–Crippen LogP) is 5.84. The van der Waals surface area contributed by atoms with Crippen molar-refractivity contribution < 1.29 is 52.8 Å². The highest BCUT2D eigenvalue weighted by Gasteiger charge is 2.52. The molecular weight excluding hydrogens is 370 g/mol. The summed E-state index contributed by atoms with van der Waals surface area (Å²) in [5.41, 5.74) is 0. The summed E-state index contributed by atoms with van der Waals surface area (Å²) in [5, 5.41) is 0. The van der Waals surface area contributed by atoms with Gasteiger partial charge in [-0.15, -0.1) is 0 Å². The number of hydrogen-bond donors (Lipinski definition) is 0. The summed E-state index contributed by atoms with van der Waals surface area (Å²) >= 11 is 0. The van der Waals surface area contributed by atoms with E-state index in [2.05, 4.69) is 8.85 Å². The Labute approximate surface area is 124 Å². The first kappa shape index (κ1) is 21.6. The molecule has 0 aromatic rings. The van der Waals surface area contributed by atoms with E-state index in [4.69, 9.17) is 0 Å². The van der Waals surface area contributed by atoms with E-state index in [9.17, 15) is 43.9 Å². The largest absolute Gasteiger partial charge is 0.504 e.